The number of amides is 1. The minimum Gasteiger partial charge on any atom is -0.508 e. The number of nitrogens with one attached hydrogen (secondary N) is 1. The monoisotopic (exact) mass is 665 g/mol. The number of carbonyl (C=O) groups is 6. The lowest BCUT2D eigenvalue weighted by molar-refractivity contribution is -0.191. The van der Waals surface area contributed by atoms with E-state index >= 15 is 0 Å². The fourth-order valence-corrected chi connectivity index (χ4v) is 9.51. The largest absolute Gasteiger partial charge is 0.508 e. The first-order valence-electron chi connectivity index (χ1n) is 17.0. The standard InChI is InChI=1S/C37H47NO10/c1-22(39)48-37(18-15-29-27-10-7-24-20-26(41)13-16-35(24,2)28(27)14-17-36(29,37)3)31(42)21-47-33(44)12-11-32(43)38-30(34(45)46-4)19-23-5-8-25(40)9-6-23/h5-6,8-9,20,27-30,40H,7,10-19,21H2,1-4H3,(H,38,43)/t27-,28+,29+,30-,35+,36+,37+/m1/s1. The molecule has 7 atom stereocenters. The molecular formula is C37H47NO10. The highest BCUT2D eigenvalue weighted by molar-refractivity contribution is 5.94. The number of methoxy groups -OCH3 is 1. The van der Waals surface area contributed by atoms with Crippen LogP contribution in [0.4, 0.5) is 0 Å². The molecule has 1 aromatic rings. The van der Waals surface area contributed by atoms with E-state index in [0.717, 1.165) is 25.7 Å². The van der Waals surface area contributed by atoms with Crippen LogP contribution in [0, 0.1) is 28.6 Å². The molecule has 0 saturated heterocycles. The predicted octanol–water partition coefficient (Wildman–Crippen LogP) is 4.32. The summed E-state index contributed by atoms with van der Waals surface area (Å²) in [5.41, 5.74) is -0.162. The van der Waals surface area contributed by atoms with Gasteiger partial charge in [-0.1, -0.05) is 31.6 Å². The van der Waals surface area contributed by atoms with Crippen molar-refractivity contribution in [3.8, 4) is 5.75 Å². The molecule has 11 nitrogen and oxygen atoms in total. The van der Waals surface area contributed by atoms with Gasteiger partial charge in [0, 0.05) is 31.6 Å². The Bertz CT molecular complexity index is 1500. The molecule has 0 unspecified atom stereocenters. The van der Waals surface area contributed by atoms with Crippen LogP contribution in [-0.4, -0.2) is 65.8 Å². The number of carbonyl (C=O) groups excluding carboxylic acids is 6. The van der Waals surface area contributed by atoms with Crippen LogP contribution in [0.25, 0.3) is 0 Å². The number of fused-ring (bicyclic) bond motifs is 5. The van der Waals surface area contributed by atoms with Crippen molar-refractivity contribution in [2.45, 2.75) is 103 Å². The summed E-state index contributed by atoms with van der Waals surface area (Å²) in [5.74, 6) is -1.90. The number of benzene rings is 1. The zero-order valence-electron chi connectivity index (χ0n) is 28.3. The van der Waals surface area contributed by atoms with E-state index in [1.165, 1.54) is 31.7 Å². The summed E-state index contributed by atoms with van der Waals surface area (Å²) in [6.45, 7) is 5.04. The number of hydrogen-bond donors (Lipinski definition) is 2. The Kier molecular flexibility index (Phi) is 10.2. The Morgan fingerprint density at radius 3 is 2.35 bits per heavy atom. The lowest BCUT2D eigenvalue weighted by Crippen LogP contribution is -2.59. The molecule has 0 radical (unpaired) electrons. The van der Waals surface area contributed by atoms with Gasteiger partial charge in [-0.05, 0) is 91.9 Å². The number of hydrogen-bond acceptors (Lipinski definition) is 10. The van der Waals surface area contributed by atoms with Gasteiger partial charge >= 0.3 is 17.9 Å². The van der Waals surface area contributed by atoms with Gasteiger partial charge in [-0.25, -0.2) is 4.79 Å². The molecule has 1 aromatic carbocycles. The van der Waals surface area contributed by atoms with Gasteiger partial charge in [0.25, 0.3) is 0 Å². The van der Waals surface area contributed by atoms with Gasteiger partial charge in [0.2, 0.25) is 11.7 Å². The molecule has 4 aliphatic rings. The van der Waals surface area contributed by atoms with Gasteiger partial charge in [0.05, 0.1) is 13.5 Å². The lowest BCUT2D eigenvalue weighted by Gasteiger charge is -2.59. The van der Waals surface area contributed by atoms with Crippen molar-refractivity contribution >= 4 is 35.4 Å². The molecule has 2 N–H and O–H groups in total. The second-order valence-corrected chi connectivity index (χ2v) is 14.5. The molecule has 3 saturated carbocycles. The third-order valence-electron chi connectivity index (χ3n) is 12.0. The van der Waals surface area contributed by atoms with Crippen molar-refractivity contribution in [3.63, 3.8) is 0 Å². The van der Waals surface area contributed by atoms with Crippen LogP contribution in [0.15, 0.2) is 35.9 Å². The van der Waals surface area contributed by atoms with E-state index in [2.05, 4.69) is 12.2 Å². The first-order chi connectivity index (χ1) is 22.7. The molecule has 11 heteroatoms. The second kappa shape index (κ2) is 13.8. The molecule has 1 amide bonds. The molecule has 0 aliphatic heterocycles. The van der Waals surface area contributed by atoms with E-state index in [-0.39, 0.29) is 42.1 Å². The van der Waals surface area contributed by atoms with E-state index in [9.17, 15) is 33.9 Å². The molecule has 260 valence electrons. The number of phenolic OH excluding ortho intramolecular Hbond substituents is 1. The Balaban J connectivity index is 1.20. The van der Waals surface area contributed by atoms with Crippen LogP contribution in [-0.2, 0) is 49.4 Å². The fraction of sp³-hybridized carbons (Fsp3) is 0.622. The van der Waals surface area contributed by atoms with E-state index < -0.39 is 53.3 Å². The summed E-state index contributed by atoms with van der Waals surface area (Å²) in [5, 5.41) is 12.1. The molecule has 48 heavy (non-hydrogen) atoms. The molecular weight excluding hydrogens is 618 g/mol. The van der Waals surface area contributed by atoms with Crippen LogP contribution in [0.5, 0.6) is 5.75 Å². The highest BCUT2D eigenvalue weighted by Gasteiger charge is 2.68. The normalized spacial score (nSPS) is 31.2. The van der Waals surface area contributed by atoms with Crippen LogP contribution in [0.2, 0.25) is 0 Å². The number of ketones is 2. The van der Waals surface area contributed by atoms with Gasteiger partial charge in [0.15, 0.2) is 18.0 Å². The summed E-state index contributed by atoms with van der Waals surface area (Å²) in [7, 11) is 1.20. The number of phenols is 1. The zero-order chi connectivity index (χ0) is 34.9. The SMILES string of the molecule is COC(=O)[C@@H](Cc1ccc(O)cc1)NC(=O)CCC(=O)OCC(=O)[C@@]1(OC(C)=O)CC[C@H]2[C@@H]3CCC4=CC(=O)CC[C@]4(C)[C@H]3CC[C@@]21C. The third-order valence-corrected chi connectivity index (χ3v) is 12.0. The Morgan fingerprint density at radius 1 is 0.958 bits per heavy atom. The van der Waals surface area contributed by atoms with Crippen molar-refractivity contribution < 1.29 is 48.1 Å². The fourth-order valence-electron chi connectivity index (χ4n) is 9.51. The molecule has 3 fully saturated rings. The highest BCUT2D eigenvalue weighted by Crippen LogP contribution is 2.68. The van der Waals surface area contributed by atoms with Crippen molar-refractivity contribution in [3.05, 3.63) is 41.5 Å². The maximum Gasteiger partial charge on any atom is 0.328 e. The molecule has 0 aromatic heterocycles. The third kappa shape index (κ3) is 6.65. The molecule has 0 spiro atoms. The zero-order valence-corrected chi connectivity index (χ0v) is 28.3. The molecule has 0 heterocycles. The van der Waals surface area contributed by atoms with Crippen LogP contribution in [0.1, 0.15) is 90.5 Å². The number of ether oxygens (including phenoxy) is 3. The Morgan fingerprint density at radius 2 is 1.67 bits per heavy atom. The second-order valence-electron chi connectivity index (χ2n) is 14.5. The molecule has 4 aliphatic carbocycles. The minimum atomic E-state index is -1.42. The van der Waals surface area contributed by atoms with Crippen molar-refractivity contribution in [2.75, 3.05) is 13.7 Å². The van der Waals surface area contributed by atoms with Crippen molar-refractivity contribution in [1.82, 2.24) is 5.32 Å². The molecule has 0 bridgehead atoms. The van der Waals surface area contributed by atoms with Crippen molar-refractivity contribution in [1.29, 1.82) is 0 Å². The number of Topliss-reactive ketones (excluding diaryl/α,β-unsaturated/α-hetero) is 1. The number of esters is 3. The summed E-state index contributed by atoms with van der Waals surface area (Å²) in [6, 6.07) is 5.17. The van der Waals surface area contributed by atoms with Gasteiger partial charge in [-0.3, -0.25) is 24.0 Å². The van der Waals surface area contributed by atoms with Crippen molar-refractivity contribution in [2.24, 2.45) is 28.6 Å². The lowest BCUT2D eigenvalue weighted by atomic mass is 9.46. The minimum absolute atomic E-state index is 0.0426. The first-order valence-corrected chi connectivity index (χ1v) is 17.0. The van der Waals surface area contributed by atoms with E-state index in [1.54, 1.807) is 12.1 Å². The van der Waals surface area contributed by atoms with Crippen LogP contribution >= 0.6 is 0 Å². The van der Waals surface area contributed by atoms with E-state index in [4.69, 9.17) is 14.2 Å². The van der Waals surface area contributed by atoms with Gasteiger partial charge in [-0.15, -0.1) is 0 Å². The van der Waals surface area contributed by atoms with Crippen LogP contribution in [0.3, 0.4) is 0 Å². The van der Waals surface area contributed by atoms with Crippen LogP contribution < -0.4 is 5.32 Å². The molecule has 5 rings (SSSR count). The van der Waals surface area contributed by atoms with Gasteiger partial charge in [-0.2, -0.15) is 0 Å². The van der Waals surface area contributed by atoms with Gasteiger partial charge < -0.3 is 24.6 Å². The average molecular weight is 666 g/mol. The van der Waals surface area contributed by atoms with E-state index in [1.807, 2.05) is 13.0 Å². The highest BCUT2D eigenvalue weighted by atomic mass is 16.6. The summed E-state index contributed by atoms with van der Waals surface area (Å²) >= 11 is 0. The Hall–Kier alpha value is -4.02. The smallest absolute Gasteiger partial charge is 0.328 e. The Labute approximate surface area is 281 Å². The number of aromatic hydroxyl groups is 1. The summed E-state index contributed by atoms with van der Waals surface area (Å²) < 4.78 is 16.1. The maximum absolute atomic E-state index is 14.0. The number of allylic oxidation sites excluding steroid dienone is 1. The summed E-state index contributed by atoms with van der Waals surface area (Å²) in [4.78, 5) is 76.4. The number of rotatable bonds is 11. The van der Waals surface area contributed by atoms with E-state index in [0.29, 0.717) is 43.1 Å². The summed E-state index contributed by atoms with van der Waals surface area (Å²) in [6.07, 6.45) is 7.14. The topological polar surface area (TPSA) is 162 Å². The predicted molar refractivity (Wildman–Crippen MR) is 172 cm³/mol. The maximum atomic E-state index is 14.0. The first kappa shape index (κ1) is 35.3. The average Bonchev–Trinajstić information content (AvgIpc) is 3.35. The van der Waals surface area contributed by atoms with Gasteiger partial charge in [0.1, 0.15) is 11.8 Å². The quantitative estimate of drug-likeness (QED) is 0.257.